The van der Waals surface area contributed by atoms with Crippen molar-refractivity contribution < 1.29 is 17.9 Å². The van der Waals surface area contributed by atoms with Gasteiger partial charge in [-0.2, -0.15) is 13.2 Å². The normalized spacial score (nSPS) is 17.1. The highest BCUT2D eigenvalue weighted by atomic mass is 19.4. The summed E-state index contributed by atoms with van der Waals surface area (Å²) in [6.45, 7) is 4.41. The third-order valence-corrected chi connectivity index (χ3v) is 6.39. The number of halogens is 3. The van der Waals surface area contributed by atoms with E-state index in [1.165, 1.54) is 18.7 Å². The third kappa shape index (κ3) is 6.44. The molecule has 188 valence electrons. The van der Waals surface area contributed by atoms with Crippen LogP contribution in [0.1, 0.15) is 54.5 Å². The fraction of sp³-hybridized carbons (Fsp3) is 0.407. The molecule has 0 radical (unpaired) electrons. The van der Waals surface area contributed by atoms with Crippen molar-refractivity contribution in [3.05, 3.63) is 76.4 Å². The van der Waals surface area contributed by atoms with Crippen molar-refractivity contribution >= 4 is 17.6 Å². The smallest absolute Gasteiger partial charge is 0.416 e. The van der Waals surface area contributed by atoms with Crippen LogP contribution in [0.25, 0.3) is 5.70 Å². The molecule has 1 unspecified atom stereocenters. The Morgan fingerprint density at radius 3 is 2.43 bits per heavy atom. The zero-order chi connectivity index (χ0) is 25.6. The summed E-state index contributed by atoms with van der Waals surface area (Å²) in [5.74, 6) is 0.256. The molecule has 2 aromatic rings. The lowest BCUT2D eigenvalue weighted by Crippen LogP contribution is -2.44. The minimum atomic E-state index is -4.49. The summed E-state index contributed by atoms with van der Waals surface area (Å²) >= 11 is 0. The van der Waals surface area contributed by atoms with Gasteiger partial charge < -0.3 is 15.4 Å². The van der Waals surface area contributed by atoms with Gasteiger partial charge in [0.25, 0.3) is 0 Å². The molecule has 1 aliphatic rings. The van der Waals surface area contributed by atoms with Crippen LogP contribution >= 0.6 is 0 Å². The number of rotatable bonds is 7. The Hall–Kier alpha value is -3.29. The molecular formula is C27H33F3N4O. The average molecular weight is 487 g/mol. The van der Waals surface area contributed by atoms with Crippen LogP contribution in [0.15, 0.2) is 53.5 Å². The first-order valence-electron chi connectivity index (χ1n) is 11.9. The van der Waals surface area contributed by atoms with E-state index < -0.39 is 11.7 Å². The number of nitrogens with two attached hydrogens (primary N) is 1. The number of hydrogen-bond donors (Lipinski definition) is 2. The van der Waals surface area contributed by atoms with Gasteiger partial charge in [0, 0.05) is 12.1 Å². The van der Waals surface area contributed by atoms with Gasteiger partial charge in [-0.15, -0.1) is 0 Å². The Balaban J connectivity index is 1.89. The molecule has 0 amide bonds. The summed E-state index contributed by atoms with van der Waals surface area (Å²) in [7, 11) is 1.47. The molecule has 1 atom stereocenters. The van der Waals surface area contributed by atoms with E-state index in [0.29, 0.717) is 36.5 Å². The van der Waals surface area contributed by atoms with Crippen LogP contribution in [0.2, 0.25) is 0 Å². The molecular weight excluding hydrogens is 453 g/mol. The van der Waals surface area contributed by atoms with Crippen molar-refractivity contribution in [2.45, 2.75) is 58.2 Å². The first-order chi connectivity index (χ1) is 16.7. The molecule has 35 heavy (non-hydrogen) atoms. The van der Waals surface area contributed by atoms with Crippen LogP contribution in [0.5, 0.6) is 0 Å². The topological polar surface area (TPSA) is 74.7 Å². The number of alkyl halides is 3. The molecule has 0 bridgehead atoms. The predicted molar refractivity (Wildman–Crippen MR) is 134 cm³/mol. The van der Waals surface area contributed by atoms with Gasteiger partial charge in [-0.1, -0.05) is 49.4 Å². The lowest BCUT2D eigenvalue weighted by Gasteiger charge is -2.25. The molecule has 5 nitrogen and oxygen atoms in total. The number of hydrogen-bond acceptors (Lipinski definition) is 3. The van der Waals surface area contributed by atoms with Gasteiger partial charge in [-0.05, 0) is 61.8 Å². The first kappa shape index (κ1) is 26.3. The zero-order valence-electron chi connectivity index (χ0n) is 20.5. The van der Waals surface area contributed by atoms with Crippen LogP contribution in [-0.2, 0) is 30.2 Å². The molecule has 3 N–H and O–H groups in total. The summed E-state index contributed by atoms with van der Waals surface area (Å²) in [5, 5.41) is 7.78. The summed E-state index contributed by atoms with van der Waals surface area (Å²) in [6, 6.07) is 12.1. The van der Waals surface area contributed by atoms with Gasteiger partial charge in [-0.3, -0.25) is 5.41 Å². The van der Waals surface area contributed by atoms with Crippen molar-refractivity contribution in [2.24, 2.45) is 10.7 Å². The first-order valence-corrected chi connectivity index (χ1v) is 11.9. The van der Waals surface area contributed by atoms with E-state index in [4.69, 9.17) is 15.9 Å². The Bertz CT molecular complexity index is 1090. The number of ether oxygens (including phenoxy) is 1. The van der Waals surface area contributed by atoms with Gasteiger partial charge in [-0.25, -0.2) is 4.99 Å². The Morgan fingerprint density at radius 1 is 1.17 bits per heavy atom. The van der Waals surface area contributed by atoms with E-state index in [1.807, 2.05) is 24.3 Å². The standard InChI is InChI=1S/C27H33F3N4O/c1-4-18-8-10-19(11-9-18)12-13-20-14-15-21(17-22(20)27(28,29)30)23(5-2)33-25(35-3)24-7-6-16-34(24)26(31)32/h5,8-11,14-15,17,24H,4,6-7,12-13,16H2,1-3H3,(H3,31,32)/b23-5-,33-25?. The maximum Gasteiger partial charge on any atom is 0.416 e. The van der Waals surface area contributed by atoms with E-state index in [0.717, 1.165) is 18.4 Å². The second-order valence-corrected chi connectivity index (χ2v) is 8.60. The molecule has 0 aromatic heterocycles. The Kier molecular flexibility index (Phi) is 8.59. The zero-order valence-corrected chi connectivity index (χ0v) is 20.5. The quantitative estimate of drug-likeness (QED) is 0.383. The highest BCUT2D eigenvalue weighted by molar-refractivity contribution is 5.91. The Labute approximate surface area is 205 Å². The second-order valence-electron chi connectivity index (χ2n) is 8.60. The maximum atomic E-state index is 14.0. The molecule has 0 spiro atoms. The molecule has 1 aliphatic heterocycles. The van der Waals surface area contributed by atoms with Crippen LogP contribution in [0, 0.1) is 5.41 Å². The van der Waals surface area contributed by atoms with Crippen LogP contribution < -0.4 is 5.73 Å². The van der Waals surface area contributed by atoms with Gasteiger partial charge in [0.2, 0.25) is 5.90 Å². The number of nitrogens with one attached hydrogen (secondary N) is 1. The van der Waals surface area contributed by atoms with Crippen LogP contribution in [-0.4, -0.2) is 36.5 Å². The highest BCUT2D eigenvalue weighted by Crippen LogP contribution is 2.35. The number of methoxy groups -OCH3 is 1. The fourth-order valence-electron chi connectivity index (χ4n) is 4.42. The molecule has 2 aromatic carbocycles. The second kappa shape index (κ2) is 11.4. The number of benzene rings is 2. The molecule has 0 saturated carbocycles. The van der Waals surface area contributed by atoms with Crippen molar-refractivity contribution in [3.63, 3.8) is 0 Å². The number of nitrogens with zero attached hydrogens (tertiary/aromatic N) is 2. The lowest BCUT2D eigenvalue weighted by molar-refractivity contribution is -0.138. The molecule has 0 aliphatic carbocycles. The average Bonchev–Trinajstić information content (AvgIpc) is 3.33. The Morgan fingerprint density at radius 2 is 1.86 bits per heavy atom. The molecule has 3 rings (SSSR count). The number of likely N-dealkylation sites (tertiary alicyclic amines) is 1. The van der Waals surface area contributed by atoms with Crippen molar-refractivity contribution in [1.29, 1.82) is 5.41 Å². The van der Waals surface area contributed by atoms with Gasteiger partial charge in [0.1, 0.15) is 6.04 Å². The summed E-state index contributed by atoms with van der Waals surface area (Å²) in [6.07, 6.45) is 0.443. The van der Waals surface area contributed by atoms with Gasteiger partial charge in [0.15, 0.2) is 5.96 Å². The van der Waals surface area contributed by atoms with E-state index in [9.17, 15) is 13.2 Å². The van der Waals surface area contributed by atoms with Gasteiger partial charge >= 0.3 is 6.18 Å². The van der Waals surface area contributed by atoms with E-state index in [1.54, 1.807) is 30.0 Å². The van der Waals surface area contributed by atoms with E-state index >= 15 is 0 Å². The van der Waals surface area contributed by atoms with Gasteiger partial charge in [0.05, 0.1) is 18.4 Å². The van der Waals surface area contributed by atoms with E-state index in [2.05, 4.69) is 11.9 Å². The van der Waals surface area contributed by atoms with Crippen molar-refractivity contribution in [2.75, 3.05) is 13.7 Å². The van der Waals surface area contributed by atoms with E-state index in [-0.39, 0.29) is 24.0 Å². The summed E-state index contributed by atoms with van der Waals surface area (Å²) in [5.41, 5.74) is 8.23. The van der Waals surface area contributed by atoms with Crippen molar-refractivity contribution in [1.82, 2.24) is 4.90 Å². The maximum absolute atomic E-state index is 14.0. The lowest BCUT2D eigenvalue weighted by atomic mass is 9.96. The SMILES string of the molecule is C/C=C(\N=C(OC)C1CCCN1C(=N)N)c1ccc(CCc2ccc(CC)cc2)c(C(F)(F)F)c1. The molecule has 8 heteroatoms. The molecule has 1 fully saturated rings. The summed E-state index contributed by atoms with van der Waals surface area (Å²) < 4.78 is 47.5. The minimum absolute atomic E-state index is 0.0766. The minimum Gasteiger partial charge on any atom is -0.483 e. The fourth-order valence-corrected chi connectivity index (χ4v) is 4.42. The molecule has 1 heterocycles. The molecule has 1 saturated heterocycles. The third-order valence-electron chi connectivity index (χ3n) is 6.39. The van der Waals surface area contributed by atoms with Crippen LogP contribution in [0.3, 0.4) is 0 Å². The van der Waals surface area contributed by atoms with Crippen molar-refractivity contribution in [3.8, 4) is 0 Å². The number of guanidine groups is 1. The number of allylic oxidation sites excluding steroid dienone is 1. The highest BCUT2D eigenvalue weighted by Gasteiger charge is 2.34. The monoisotopic (exact) mass is 486 g/mol. The largest absolute Gasteiger partial charge is 0.483 e. The number of aliphatic imine (C=N–C) groups is 1. The summed E-state index contributed by atoms with van der Waals surface area (Å²) in [4.78, 5) is 6.24. The predicted octanol–water partition coefficient (Wildman–Crippen LogP) is 5.82. The number of aryl methyl sites for hydroxylation is 3. The van der Waals surface area contributed by atoms with Crippen LogP contribution in [0.4, 0.5) is 13.2 Å².